The first-order chi connectivity index (χ1) is 15.5. The van der Waals surface area contributed by atoms with Gasteiger partial charge in [0.25, 0.3) is 5.91 Å². The third-order valence-corrected chi connectivity index (χ3v) is 6.25. The van der Waals surface area contributed by atoms with Crippen LogP contribution >= 0.6 is 11.3 Å². The number of carbonyl (C=O) groups is 1. The molecule has 8 heteroatoms. The van der Waals surface area contributed by atoms with Crippen molar-refractivity contribution < 1.29 is 13.9 Å². The number of hydrogen-bond donors (Lipinski definition) is 0. The van der Waals surface area contributed by atoms with E-state index in [2.05, 4.69) is 10.2 Å². The maximum atomic E-state index is 13.6. The van der Waals surface area contributed by atoms with E-state index in [1.54, 1.807) is 12.1 Å². The molecule has 0 saturated heterocycles. The zero-order chi connectivity index (χ0) is 22.4. The molecule has 0 bridgehead atoms. The predicted octanol–water partition coefficient (Wildman–Crippen LogP) is 4.80. The molecule has 2 aromatic carbocycles. The Balaban J connectivity index is 1.72. The Morgan fingerprint density at radius 3 is 2.56 bits per heavy atom. The lowest BCUT2D eigenvalue weighted by atomic mass is 9.98. The minimum Gasteiger partial charge on any atom is -0.494 e. The summed E-state index contributed by atoms with van der Waals surface area (Å²) in [5.74, 6) is 0.391. The van der Waals surface area contributed by atoms with Gasteiger partial charge in [-0.25, -0.2) is 0 Å². The summed E-state index contributed by atoms with van der Waals surface area (Å²) < 4.78 is 11.7. The molecule has 0 saturated carbocycles. The third-order valence-electron chi connectivity index (χ3n) is 5.42. The third kappa shape index (κ3) is 3.27. The number of anilines is 1. The van der Waals surface area contributed by atoms with Crippen LogP contribution in [0.25, 0.3) is 11.0 Å². The summed E-state index contributed by atoms with van der Waals surface area (Å²) in [4.78, 5) is 28.6. The van der Waals surface area contributed by atoms with Crippen molar-refractivity contribution >= 4 is 33.3 Å². The first-order valence-electron chi connectivity index (χ1n) is 10.4. The molecule has 0 fully saturated rings. The van der Waals surface area contributed by atoms with Crippen molar-refractivity contribution in [3.8, 4) is 5.75 Å². The van der Waals surface area contributed by atoms with Crippen LogP contribution in [-0.4, -0.2) is 22.7 Å². The first-order valence-corrected chi connectivity index (χ1v) is 11.2. The molecule has 1 aliphatic rings. The molecule has 0 radical (unpaired) electrons. The van der Waals surface area contributed by atoms with E-state index in [0.717, 1.165) is 28.3 Å². The highest BCUT2D eigenvalue weighted by atomic mass is 32.1. The number of rotatable bonds is 5. The van der Waals surface area contributed by atoms with Gasteiger partial charge in [0.2, 0.25) is 10.9 Å². The summed E-state index contributed by atoms with van der Waals surface area (Å²) in [6.07, 6.45) is 0.907. The highest BCUT2D eigenvalue weighted by Crippen LogP contribution is 2.42. The zero-order valence-corrected chi connectivity index (χ0v) is 18.7. The SMILES string of the molecule is CCCOc1ccc([C@@H]2c3c(oc4ccc(C)cc4c3=O)C(=O)N2c2nnc(C)s2)cc1. The van der Waals surface area contributed by atoms with E-state index >= 15 is 0 Å². The van der Waals surface area contributed by atoms with Gasteiger partial charge in [0, 0.05) is 0 Å². The molecule has 1 atom stereocenters. The normalized spacial score (nSPS) is 15.4. The van der Waals surface area contributed by atoms with E-state index in [0.29, 0.717) is 28.3 Å². The van der Waals surface area contributed by atoms with Gasteiger partial charge in [-0.3, -0.25) is 14.5 Å². The van der Waals surface area contributed by atoms with Crippen molar-refractivity contribution in [2.75, 3.05) is 11.5 Å². The van der Waals surface area contributed by atoms with Gasteiger partial charge in [-0.1, -0.05) is 42.0 Å². The van der Waals surface area contributed by atoms with Crippen LogP contribution in [0.1, 0.15) is 51.6 Å². The molecule has 0 unspecified atom stereocenters. The molecule has 0 spiro atoms. The lowest BCUT2D eigenvalue weighted by Gasteiger charge is -2.22. The fourth-order valence-corrected chi connectivity index (χ4v) is 4.66. The monoisotopic (exact) mass is 447 g/mol. The minimum atomic E-state index is -0.661. The van der Waals surface area contributed by atoms with Gasteiger partial charge in [-0.15, -0.1) is 10.2 Å². The summed E-state index contributed by atoms with van der Waals surface area (Å²) >= 11 is 1.30. The van der Waals surface area contributed by atoms with Crippen molar-refractivity contribution in [1.29, 1.82) is 0 Å². The van der Waals surface area contributed by atoms with Gasteiger partial charge in [0.1, 0.15) is 16.3 Å². The van der Waals surface area contributed by atoms with Crippen LogP contribution in [0.5, 0.6) is 5.75 Å². The predicted molar refractivity (Wildman–Crippen MR) is 123 cm³/mol. The smallest absolute Gasteiger partial charge is 0.297 e. The first kappa shape index (κ1) is 20.4. The molecule has 7 nitrogen and oxygen atoms in total. The average Bonchev–Trinajstić information content (AvgIpc) is 3.34. The van der Waals surface area contributed by atoms with E-state index in [1.807, 2.05) is 51.1 Å². The van der Waals surface area contributed by atoms with Crippen LogP contribution in [-0.2, 0) is 0 Å². The molecule has 3 heterocycles. The Labute approximate surface area is 188 Å². The van der Waals surface area contributed by atoms with Gasteiger partial charge in [0.15, 0.2) is 5.43 Å². The van der Waals surface area contributed by atoms with Gasteiger partial charge in [-0.2, -0.15) is 0 Å². The van der Waals surface area contributed by atoms with Gasteiger partial charge < -0.3 is 9.15 Å². The number of aromatic nitrogens is 2. The Morgan fingerprint density at radius 2 is 1.88 bits per heavy atom. The van der Waals surface area contributed by atoms with E-state index in [9.17, 15) is 9.59 Å². The lowest BCUT2D eigenvalue weighted by molar-refractivity contribution is 0.0970. The second-order valence-corrected chi connectivity index (χ2v) is 8.93. The number of ether oxygens (including phenoxy) is 1. The number of hydrogen-bond acceptors (Lipinski definition) is 7. The number of carbonyl (C=O) groups excluding carboxylic acids is 1. The summed E-state index contributed by atoms with van der Waals surface area (Å²) in [5.41, 5.74) is 2.22. The average molecular weight is 448 g/mol. The summed E-state index contributed by atoms with van der Waals surface area (Å²) in [5, 5.41) is 9.86. The van der Waals surface area contributed by atoms with Crippen LogP contribution in [0.15, 0.2) is 51.7 Å². The molecular weight excluding hydrogens is 426 g/mol. The zero-order valence-electron chi connectivity index (χ0n) is 17.9. The van der Waals surface area contributed by atoms with E-state index in [4.69, 9.17) is 9.15 Å². The van der Waals surface area contributed by atoms with Crippen LogP contribution in [0.3, 0.4) is 0 Å². The molecule has 32 heavy (non-hydrogen) atoms. The molecule has 162 valence electrons. The van der Waals surface area contributed by atoms with Crippen LogP contribution in [0, 0.1) is 13.8 Å². The maximum Gasteiger partial charge on any atom is 0.297 e. The quantitative estimate of drug-likeness (QED) is 0.437. The second-order valence-electron chi connectivity index (χ2n) is 7.77. The molecule has 2 aromatic heterocycles. The molecule has 1 amide bonds. The Kier molecular flexibility index (Phi) is 5.01. The van der Waals surface area contributed by atoms with E-state index < -0.39 is 11.9 Å². The standard InChI is InChI=1S/C24H21N3O4S/c1-4-11-30-16-8-6-15(7-9-16)20-19-21(28)17-12-13(2)5-10-18(17)31-22(19)23(29)27(20)24-26-25-14(3)32-24/h5-10,12,20H,4,11H2,1-3H3/t20-/m1/s1. The topological polar surface area (TPSA) is 85.5 Å². The Bertz CT molecular complexity index is 1390. The Hall–Kier alpha value is -3.52. The number of nitrogens with zero attached hydrogens (tertiary/aromatic N) is 3. The molecular formula is C24H21N3O4S. The van der Waals surface area contributed by atoms with Crippen LogP contribution < -0.4 is 15.1 Å². The van der Waals surface area contributed by atoms with Crippen molar-refractivity contribution in [3.05, 3.63) is 80.1 Å². The van der Waals surface area contributed by atoms with Crippen LogP contribution in [0.2, 0.25) is 0 Å². The molecule has 4 aromatic rings. The van der Waals surface area contributed by atoms with E-state index in [-0.39, 0.29) is 11.2 Å². The van der Waals surface area contributed by atoms with Crippen molar-refractivity contribution in [2.24, 2.45) is 0 Å². The summed E-state index contributed by atoms with van der Waals surface area (Å²) in [6, 6.07) is 12.2. The molecule has 1 aliphatic heterocycles. The van der Waals surface area contributed by atoms with Gasteiger partial charge >= 0.3 is 0 Å². The number of amides is 1. The van der Waals surface area contributed by atoms with Crippen molar-refractivity contribution in [1.82, 2.24) is 10.2 Å². The van der Waals surface area contributed by atoms with Gasteiger partial charge in [-0.05, 0) is 50.1 Å². The second kappa shape index (κ2) is 7.87. The highest BCUT2D eigenvalue weighted by molar-refractivity contribution is 7.15. The lowest BCUT2D eigenvalue weighted by Crippen LogP contribution is -2.29. The number of fused-ring (bicyclic) bond motifs is 2. The minimum absolute atomic E-state index is 0.0514. The number of benzene rings is 2. The maximum absolute atomic E-state index is 13.6. The Morgan fingerprint density at radius 1 is 1.09 bits per heavy atom. The molecule has 0 aliphatic carbocycles. The van der Waals surface area contributed by atoms with Gasteiger partial charge in [0.05, 0.1) is 23.6 Å². The molecule has 0 N–H and O–H groups in total. The number of aryl methyl sites for hydroxylation is 2. The molecule has 5 rings (SSSR count). The van der Waals surface area contributed by atoms with Crippen molar-refractivity contribution in [2.45, 2.75) is 33.2 Å². The highest BCUT2D eigenvalue weighted by Gasteiger charge is 2.45. The van der Waals surface area contributed by atoms with Crippen molar-refractivity contribution in [3.63, 3.8) is 0 Å². The fraction of sp³-hybridized carbons (Fsp3) is 0.250. The fourth-order valence-electron chi connectivity index (χ4n) is 3.95. The summed E-state index contributed by atoms with van der Waals surface area (Å²) in [6.45, 7) is 6.40. The largest absolute Gasteiger partial charge is 0.494 e. The van der Waals surface area contributed by atoms with E-state index in [1.165, 1.54) is 16.2 Å². The van der Waals surface area contributed by atoms with Crippen LogP contribution in [0.4, 0.5) is 5.13 Å². The summed E-state index contributed by atoms with van der Waals surface area (Å²) in [7, 11) is 0.